The smallest absolute Gasteiger partial charge is 0.250 e. The number of rotatable bonds is 8. The van der Waals surface area contributed by atoms with Gasteiger partial charge in [0.25, 0.3) is 5.56 Å². The molecule has 0 aliphatic heterocycles. The van der Waals surface area contributed by atoms with Crippen LogP contribution in [0.25, 0.3) is 11.0 Å². The molecule has 0 atom stereocenters. The van der Waals surface area contributed by atoms with Crippen LogP contribution in [0.1, 0.15) is 56.6 Å². The van der Waals surface area contributed by atoms with E-state index in [1.54, 1.807) is 13.1 Å². The summed E-state index contributed by atoms with van der Waals surface area (Å²) in [5, 5.41) is 7.02. The summed E-state index contributed by atoms with van der Waals surface area (Å²) in [4.78, 5) is 16.1. The summed E-state index contributed by atoms with van der Waals surface area (Å²) in [5.41, 5.74) is 4.57. The van der Waals surface area contributed by atoms with Gasteiger partial charge in [0.1, 0.15) is 5.52 Å². The van der Waals surface area contributed by atoms with Crippen molar-refractivity contribution in [3.05, 3.63) is 63.8 Å². The fourth-order valence-corrected chi connectivity index (χ4v) is 4.86. The third kappa shape index (κ3) is 5.25. The van der Waals surface area contributed by atoms with Crippen molar-refractivity contribution < 1.29 is 9.13 Å². The highest BCUT2D eigenvalue weighted by Gasteiger charge is 2.23. The first-order chi connectivity index (χ1) is 16.4. The molecule has 182 valence electrons. The zero-order chi connectivity index (χ0) is 24.2. The van der Waals surface area contributed by atoms with Gasteiger partial charge in [-0.2, -0.15) is 0 Å². The Morgan fingerprint density at radius 2 is 1.94 bits per heavy atom. The minimum atomic E-state index is -0.534. The van der Waals surface area contributed by atoms with Crippen LogP contribution < -0.4 is 20.9 Å². The Balaban J connectivity index is 1.31. The van der Waals surface area contributed by atoms with Crippen LogP contribution in [0.2, 0.25) is 0 Å². The number of aromatic nitrogens is 2. The average molecular weight is 467 g/mol. The Kier molecular flexibility index (Phi) is 7.51. The van der Waals surface area contributed by atoms with E-state index in [1.165, 1.54) is 27.4 Å². The number of nitrogens with zero attached hydrogens (tertiary/aromatic N) is 2. The van der Waals surface area contributed by atoms with E-state index in [1.807, 2.05) is 7.05 Å². The predicted molar refractivity (Wildman–Crippen MR) is 135 cm³/mol. The van der Waals surface area contributed by atoms with Gasteiger partial charge in [-0.15, -0.1) is 0 Å². The van der Waals surface area contributed by atoms with Gasteiger partial charge in [-0.05, 0) is 60.8 Å². The van der Waals surface area contributed by atoms with Crippen molar-refractivity contribution in [1.29, 1.82) is 0 Å². The van der Waals surface area contributed by atoms with Crippen LogP contribution in [-0.2, 0) is 13.6 Å². The lowest BCUT2D eigenvalue weighted by Gasteiger charge is -2.29. The zero-order valence-electron chi connectivity index (χ0n) is 20.5. The number of anilines is 1. The van der Waals surface area contributed by atoms with E-state index in [0.29, 0.717) is 35.5 Å². The zero-order valence-corrected chi connectivity index (χ0v) is 20.5. The molecule has 1 fully saturated rings. The van der Waals surface area contributed by atoms with Gasteiger partial charge < -0.3 is 19.9 Å². The van der Waals surface area contributed by atoms with E-state index in [-0.39, 0.29) is 11.3 Å². The fraction of sp³-hybridized carbons (Fsp3) is 0.481. The van der Waals surface area contributed by atoms with Crippen LogP contribution in [0.3, 0.4) is 0 Å². The van der Waals surface area contributed by atoms with Crippen LogP contribution >= 0.6 is 0 Å². The van der Waals surface area contributed by atoms with E-state index >= 15 is 0 Å². The summed E-state index contributed by atoms with van der Waals surface area (Å²) in [6, 6.07) is 10.2. The van der Waals surface area contributed by atoms with Crippen LogP contribution in [-0.4, -0.2) is 29.2 Å². The molecule has 6 nitrogen and oxygen atoms in total. The lowest BCUT2D eigenvalue weighted by molar-refractivity contribution is 0.187. The molecule has 2 aromatic heterocycles. The normalized spacial score (nSPS) is 18.4. The molecule has 0 radical (unpaired) electrons. The molecule has 3 aromatic rings. The molecule has 0 unspecified atom stereocenters. The number of benzene rings is 1. The Bertz CT molecular complexity index is 1200. The van der Waals surface area contributed by atoms with E-state index in [0.717, 1.165) is 38.4 Å². The van der Waals surface area contributed by atoms with E-state index in [4.69, 9.17) is 4.74 Å². The van der Waals surface area contributed by atoms with Crippen molar-refractivity contribution >= 4 is 16.7 Å². The van der Waals surface area contributed by atoms with E-state index in [2.05, 4.69) is 47.7 Å². The summed E-state index contributed by atoms with van der Waals surface area (Å²) in [7, 11) is 3.59. The maximum Gasteiger partial charge on any atom is 0.250 e. The summed E-state index contributed by atoms with van der Waals surface area (Å²) >= 11 is 0. The number of hydrogen-bond acceptors (Lipinski definition) is 5. The van der Waals surface area contributed by atoms with Gasteiger partial charge in [0.15, 0.2) is 11.6 Å². The molecule has 0 saturated heterocycles. The van der Waals surface area contributed by atoms with Crippen molar-refractivity contribution in [2.75, 3.05) is 19.0 Å². The molecule has 7 heteroatoms. The van der Waals surface area contributed by atoms with Crippen LogP contribution in [0, 0.1) is 11.7 Å². The van der Waals surface area contributed by atoms with Crippen LogP contribution in [0.15, 0.2) is 41.3 Å². The van der Waals surface area contributed by atoms with Gasteiger partial charge in [-0.1, -0.05) is 26.0 Å². The molecule has 1 saturated carbocycles. The first-order valence-electron chi connectivity index (χ1n) is 12.2. The number of pyridine rings is 2. The van der Waals surface area contributed by atoms with E-state index < -0.39 is 5.82 Å². The third-order valence-corrected chi connectivity index (χ3v) is 6.96. The molecule has 1 aliphatic carbocycles. The van der Waals surface area contributed by atoms with Gasteiger partial charge in [0.05, 0.1) is 18.3 Å². The lowest BCUT2D eigenvalue weighted by atomic mass is 9.86. The first kappa shape index (κ1) is 24.2. The van der Waals surface area contributed by atoms with Crippen molar-refractivity contribution in [2.45, 2.75) is 58.0 Å². The molecule has 1 aliphatic rings. The van der Waals surface area contributed by atoms with Gasteiger partial charge in [0.2, 0.25) is 0 Å². The molecule has 0 bridgehead atoms. The molecule has 2 N–H and O–H groups in total. The van der Waals surface area contributed by atoms with Crippen molar-refractivity contribution in [2.24, 2.45) is 13.0 Å². The maximum absolute atomic E-state index is 14.5. The monoisotopic (exact) mass is 466 g/mol. The Morgan fingerprint density at radius 1 is 1.18 bits per heavy atom. The van der Waals surface area contributed by atoms with Crippen LogP contribution in [0.5, 0.6) is 5.75 Å². The maximum atomic E-state index is 14.5. The standard InChI is InChI=1S/C27H35FN4O2/c1-17(2)21-10-7-19(13-24(21)29-3)14-30-20-8-5-18(6-9-20)16-34-27-22(28)15-31-23-11-12-25(33)32(4)26(23)27/h7,10-13,15,17-18,20,29-30H,5-6,8-9,14,16H2,1-4H3. The molecule has 34 heavy (non-hydrogen) atoms. The Hall–Kier alpha value is -2.93. The topological polar surface area (TPSA) is 68.2 Å². The molecular weight excluding hydrogens is 431 g/mol. The average Bonchev–Trinajstić information content (AvgIpc) is 2.84. The number of aryl methyl sites for hydroxylation is 1. The first-order valence-corrected chi connectivity index (χ1v) is 12.2. The second-order valence-corrected chi connectivity index (χ2v) is 9.64. The molecule has 0 spiro atoms. The van der Waals surface area contributed by atoms with Gasteiger partial charge >= 0.3 is 0 Å². The predicted octanol–water partition coefficient (Wildman–Crippen LogP) is 4.97. The molecule has 2 heterocycles. The van der Waals surface area contributed by atoms with Crippen molar-refractivity contribution in [3.63, 3.8) is 0 Å². The van der Waals surface area contributed by atoms with Crippen molar-refractivity contribution in [1.82, 2.24) is 14.9 Å². The Labute approximate surface area is 200 Å². The number of ether oxygens (including phenoxy) is 1. The quantitative estimate of drug-likeness (QED) is 0.491. The minimum absolute atomic E-state index is 0.121. The second kappa shape index (κ2) is 10.6. The minimum Gasteiger partial charge on any atom is -0.488 e. The number of fused-ring (bicyclic) bond motifs is 1. The number of hydrogen-bond donors (Lipinski definition) is 2. The summed E-state index contributed by atoms with van der Waals surface area (Å²) in [5.74, 6) is 0.442. The summed E-state index contributed by atoms with van der Waals surface area (Å²) in [6.07, 6.45) is 5.34. The SMILES string of the molecule is CNc1cc(CNC2CCC(COc3c(F)cnc4ccc(=O)n(C)c34)CC2)ccc1C(C)C. The van der Waals surface area contributed by atoms with Gasteiger partial charge in [-0.25, -0.2) is 4.39 Å². The van der Waals surface area contributed by atoms with Crippen LogP contribution in [0.4, 0.5) is 10.1 Å². The highest BCUT2D eigenvalue weighted by molar-refractivity contribution is 5.81. The lowest BCUT2D eigenvalue weighted by Crippen LogP contribution is -2.34. The second-order valence-electron chi connectivity index (χ2n) is 9.64. The highest BCUT2D eigenvalue weighted by atomic mass is 19.1. The van der Waals surface area contributed by atoms with E-state index in [9.17, 15) is 9.18 Å². The Morgan fingerprint density at radius 3 is 2.65 bits per heavy atom. The van der Waals surface area contributed by atoms with Gasteiger partial charge in [0, 0.05) is 38.4 Å². The van der Waals surface area contributed by atoms with Gasteiger partial charge in [-0.3, -0.25) is 9.78 Å². The molecule has 1 aromatic carbocycles. The number of halogens is 1. The number of nitrogens with one attached hydrogen (secondary N) is 2. The molecule has 4 rings (SSSR count). The largest absolute Gasteiger partial charge is 0.488 e. The molecule has 0 amide bonds. The molecular formula is C27H35FN4O2. The summed E-state index contributed by atoms with van der Waals surface area (Å²) in [6.45, 7) is 5.71. The van der Waals surface area contributed by atoms with Crippen molar-refractivity contribution in [3.8, 4) is 5.75 Å². The third-order valence-electron chi connectivity index (χ3n) is 6.96. The highest BCUT2D eigenvalue weighted by Crippen LogP contribution is 2.30. The summed E-state index contributed by atoms with van der Waals surface area (Å²) < 4.78 is 21.9. The fourth-order valence-electron chi connectivity index (χ4n) is 4.86.